The topological polar surface area (TPSA) is 85.8 Å². The fourth-order valence-electron chi connectivity index (χ4n) is 2.36. The third-order valence-corrected chi connectivity index (χ3v) is 5.51. The van der Waals surface area contributed by atoms with E-state index < -0.39 is 5.25 Å². The fourth-order valence-corrected chi connectivity index (χ4v) is 3.52. The third-order valence-electron chi connectivity index (χ3n) is 3.89. The number of thioether (sulfide) groups is 1. The molecule has 3 aromatic rings. The van der Waals surface area contributed by atoms with Gasteiger partial charge in [-0.3, -0.25) is 4.79 Å². The van der Waals surface area contributed by atoms with E-state index in [1.165, 1.54) is 16.4 Å². The maximum Gasteiger partial charge on any atom is 0.237 e. The van der Waals surface area contributed by atoms with Crippen LogP contribution >= 0.6 is 35.0 Å². The second-order valence-electron chi connectivity index (χ2n) is 5.86. The summed E-state index contributed by atoms with van der Waals surface area (Å²) in [6.45, 7) is 3.67. The van der Waals surface area contributed by atoms with Gasteiger partial charge in [0, 0.05) is 16.3 Å². The summed E-state index contributed by atoms with van der Waals surface area (Å²) in [6.07, 6.45) is 0. The maximum absolute atomic E-state index is 12.5. The predicted molar refractivity (Wildman–Crippen MR) is 111 cm³/mol. The lowest BCUT2D eigenvalue weighted by atomic mass is 10.2. The van der Waals surface area contributed by atoms with Crippen LogP contribution in [0.15, 0.2) is 47.6 Å². The number of halogens is 2. The molecule has 9 heteroatoms. The van der Waals surface area contributed by atoms with Crippen molar-refractivity contribution < 1.29 is 4.79 Å². The number of nitrogen functional groups attached to an aromatic ring is 1. The molecule has 6 nitrogen and oxygen atoms in total. The van der Waals surface area contributed by atoms with E-state index >= 15 is 0 Å². The van der Waals surface area contributed by atoms with E-state index in [9.17, 15) is 4.79 Å². The van der Waals surface area contributed by atoms with Crippen molar-refractivity contribution >= 4 is 46.6 Å². The van der Waals surface area contributed by atoms with Gasteiger partial charge in [-0.15, -0.1) is 10.2 Å². The number of nitrogens with zero attached hydrogens (tertiary/aromatic N) is 3. The Morgan fingerprint density at radius 1 is 1.22 bits per heavy atom. The van der Waals surface area contributed by atoms with Crippen molar-refractivity contribution in [2.45, 2.75) is 24.3 Å². The normalized spacial score (nSPS) is 12.0. The molecule has 0 fully saturated rings. The summed E-state index contributed by atoms with van der Waals surface area (Å²) in [7, 11) is 0. The van der Waals surface area contributed by atoms with Crippen LogP contribution in [0.2, 0.25) is 10.0 Å². The number of carbonyl (C=O) groups is 1. The molecular weight excluding hydrogens is 405 g/mol. The van der Waals surface area contributed by atoms with Gasteiger partial charge in [-0.2, -0.15) is 0 Å². The molecule has 1 aromatic heterocycles. The van der Waals surface area contributed by atoms with Crippen molar-refractivity contribution in [1.29, 1.82) is 0 Å². The Labute approximate surface area is 171 Å². The molecule has 2 aromatic carbocycles. The highest BCUT2D eigenvalue weighted by Crippen LogP contribution is 2.29. The summed E-state index contributed by atoms with van der Waals surface area (Å²) in [5, 5.41) is 12.1. The summed E-state index contributed by atoms with van der Waals surface area (Å²) in [5.74, 6) is 6.36. The molecule has 0 radical (unpaired) electrons. The Morgan fingerprint density at radius 3 is 2.70 bits per heavy atom. The number of benzene rings is 2. The van der Waals surface area contributed by atoms with Crippen molar-refractivity contribution in [3.05, 3.63) is 58.1 Å². The van der Waals surface area contributed by atoms with Crippen LogP contribution in [0.4, 0.5) is 5.69 Å². The molecule has 0 saturated heterocycles. The van der Waals surface area contributed by atoms with Crippen molar-refractivity contribution in [2.75, 3.05) is 11.2 Å². The number of nitrogens with two attached hydrogens (primary N) is 1. The minimum Gasteiger partial charge on any atom is -0.335 e. The zero-order valence-corrected chi connectivity index (χ0v) is 16.9. The molecule has 1 atom stereocenters. The van der Waals surface area contributed by atoms with Crippen molar-refractivity contribution in [3.8, 4) is 11.4 Å². The number of rotatable bonds is 5. The van der Waals surface area contributed by atoms with E-state index in [4.69, 9.17) is 29.0 Å². The number of amides is 1. The van der Waals surface area contributed by atoms with E-state index in [1.54, 1.807) is 25.1 Å². The molecule has 1 heterocycles. The van der Waals surface area contributed by atoms with Gasteiger partial charge in [-0.1, -0.05) is 53.2 Å². The Morgan fingerprint density at radius 2 is 1.96 bits per heavy atom. The second kappa shape index (κ2) is 8.21. The number of carbonyl (C=O) groups excluding carboxylic acids is 1. The minimum absolute atomic E-state index is 0.187. The maximum atomic E-state index is 12.5. The molecule has 3 N–H and O–H groups in total. The first kappa shape index (κ1) is 19.5. The van der Waals surface area contributed by atoms with Crippen LogP contribution in [0, 0.1) is 6.92 Å². The zero-order valence-electron chi connectivity index (χ0n) is 14.6. The highest BCUT2D eigenvalue weighted by Gasteiger charge is 2.21. The molecule has 27 heavy (non-hydrogen) atoms. The molecule has 0 aliphatic carbocycles. The Bertz CT molecular complexity index is 992. The van der Waals surface area contributed by atoms with E-state index in [-0.39, 0.29) is 5.91 Å². The largest absolute Gasteiger partial charge is 0.335 e. The Hall–Kier alpha value is -2.22. The van der Waals surface area contributed by atoms with Crippen LogP contribution in [0.1, 0.15) is 12.5 Å². The lowest BCUT2D eigenvalue weighted by Gasteiger charge is -2.13. The van der Waals surface area contributed by atoms with Gasteiger partial charge in [0.15, 0.2) is 5.82 Å². The van der Waals surface area contributed by atoms with Crippen LogP contribution in [0.5, 0.6) is 0 Å². The summed E-state index contributed by atoms with van der Waals surface area (Å²) in [5.41, 5.74) is 2.27. The van der Waals surface area contributed by atoms with Gasteiger partial charge in [0.1, 0.15) is 0 Å². The average Bonchev–Trinajstić information content (AvgIpc) is 2.99. The van der Waals surface area contributed by atoms with Gasteiger partial charge in [-0.25, -0.2) is 4.68 Å². The first-order valence-electron chi connectivity index (χ1n) is 8.06. The van der Waals surface area contributed by atoms with Crippen LogP contribution < -0.4 is 11.2 Å². The molecule has 0 spiro atoms. The molecule has 0 aliphatic rings. The number of hydrogen-bond acceptors (Lipinski definition) is 5. The minimum atomic E-state index is -0.450. The zero-order chi connectivity index (χ0) is 19.6. The summed E-state index contributed by atoms with van der Waals surface area (Å²) in [6, 6.07) is 12.6. The van der Waals surface area contributed by atoms with E-state index in [0.717, 1.165) is 5.56 Å². The highest BCUT2D eigenvalue weighted by atomic mass is 35.5. The molecule has 140 valence electrons. The SMILES string of the molecule is Cc1ccc(Cl)cc1NC(=O)C(C)Sc1nnc(-c2ccccc2Cl)n1N. The quantitative estimate of drug-likeness (QED) is 0.471. The predicted octanol–water partition coefficient (Wildman–Crippen LogP) is 4.39. The van der Waals surface area contributed by atoms with Gasteiger partial charge in [-0.05, 0) is 43.7 Å². The van der Waals surface area contributed by atoms with Gasteiger partial charge in [0.05, 0.1) is 10.3 Å². The molecule has 1 unspecified atom stereocenters. The Kier molecular flexibility index (Phi) is 5.94. The van der Waals surface area contributed by atoms with Gasteiger partial charge in [0.2, 0.25) is 11.1 Å². The summed E-state index contributed by atoms with van der Waals surface area (Å²) < 4.78 is 1.33. The van der Waals surface area contributed by atoms with E-state index in [1.807, 2.05) is 31.2 Å². The number of anilines is 1. The standard InChI is InChI=1S/C18H17Cl2N5OS/c1-10-7-8-12(19)9-15(10)22-17(26)11(2)27-18-24-23-16(25(18)21)13-5-3-4-6-14(13)20/h3-9,11H,21H2,1-2H3,(H,22,26). The second-order valence-corrected chi connectivity index (χ2v) is 8.02. The first-order valence-corrected chi connectivity index (χ1v) is 9.69. The highest BCUT2D eigenvalue weighted by molar-refractivity contribution is 8.00. The lowest BCUT2D eigenvalue weighted by molar-refractivity contribution is -0.115. The van der Waals surface area contributed by atoms with Crippen LogP contribution in [-0.4, -0.2) is 26.0 Å². The Balaban J connectivity index is 1.75. The van der Waals surface area contributed by atoms with Crippen molar-refractivity contribution in [1.82, 2.24) is 14.9 Å². The van der Waals surface area contributed by atoms with Crippen LogP contribution in [0.3, 0.4) is 0 Å². The number of hydrogen-bond donors (Lipinski definition) is 2. The smallest absolute Gasteiger partial charge is 0.237 e. The van der Waals surface area contributed by atoms with Crippen molar-refractivity contribution in [2.24, 2.45) is 0 Å². The van der Waals surface area contributed by atoms with Crippen LogP contribution in [0.25, 0.3) is 11.4 Å². The van der Waals surface area contributed by atoms with Crippen molar-refractivity contribution in [3.63, 3.8) is 0 Å². The monoisotopic (exact) mass is 421 g/mol. The van der Waals surface area contributed by atoms with Gasteiger partial charge >= 0.3 is 0 Å². The first-order chi connectivity index (χ1) is 12.9. The molecule has 3 rings (SSSR count). The van der Waals surface area contributed by atoms with Crippen LogP contribution in [-0.2, 0) is 4.79 Å². The summed E-state index contributed by atoms with van der Waals surface area (Å²) in [4.78, 5) is 12.5. The third kappa shape index (κ3) is 4.37. The number of aromatic nitrogens is 3. The molecular formula is C18H17Cl2N5OS. The molecule has 1 amide bonds. The lowest BCUT2D eigenvalue weighted by Crippen LogP contribution is -2.24. The summed E-state index contributed by atoms with van der Waals surface area (Å²) >= 11 is 13.4. The van der Waals surface area contributed by atoms with E-state index in [0.29, 0.717) is 32.3 Å². The number of aryl methyl sites for hydroxylation is 1. The van der Waals surface area contributed by atoms with Gasteiger partial charge < -0.3 is 11.2 Å². The molecule has 0 aliphatic heterocycles. The molecule has 0 bridgehead atoms. The average molecular weight is 422 g/mol. The molecule has 0 saturated carbocycles. The fraction of sp³-hybridized carbons (Fsp3) is 0.167. The van der Waals surface area contributed by atoms with E-state index in [2.05, 4.69) is 15.5 Å². The number of nitrogens with one attached hydrogen (secondary N) is 1. The van der Waals surface area contributed by atoms with Gasteiger partial charge in [0.25, 0.3) is 0 Å².